The van der Waals surface area contributed by atoms with Crippen molar-refractivity contribution in [2.24, 2.45) is 5.92 Å². The van der Waals surface area contributed by atoms with E-state index in [2.05, 4.69) is 5.32 Å². The predicted molar refractivity (Wildman–Crippen MR) is 92.1 cm³/mol. The van der Waals surface area contributed by atoms with Gasteiger partial charge in [0, 0.05) is 13.2 Å². The number of hydrogen-bond donors (Lipinski definition) is 2. The van der Waals surface area contributed by atoms with Gasteiger partial charge in [0.05, 0.1) is 18.1 Å². The number of hydrogen-bond acceptors (Lipinski definition) is 3. The lowest BCUT2D eigenvalue weighted by Crippen LogP contribution is -2.32. The van der Waals surface area contributed by atoms with Crippen LogP contribution in [0.4, 0.5) is 0 Å². The lowest BCUT2D eigenvalue weighted by atomic mass is 9.98. The summed E-state index contributed by atoms with van der Waals surface area (Å²) in [5.74, 6) is -0.545. The van der Waals surface area contributed by atoms with E-state index in [-0.39, 0.29) is 24.0 Å². The highest BCUT2D eigenvalue weighted by Gasteiger charge is 2.25. The molecule has 0 heterocycles. The van der Waals surface area contributed by atoms with Crippen molar-refractivity contribution in [3.8, 4) is 0 Å². The van der Waals surface area contributed by atoms with Crippen molar-refractivity contribution in [2.75, 3.05) is 13.2 Å². The fourth-order valence-electron chi connectivity index (χ4n) is 3.47. The van der Waals surface area contributed by atoms with E-state index >= 15 is 0 Å². The molecule has 0 saturated heterocycles. The summed E-state index contributed by atoms with van der Waals surface area (Å²) in [5.41, 5.74) is 0.727. The average Bonchev–Trinajstić information content (AvgIpc) is 3.08. The average molecular weight is 333 g/mol. The number of aromatic carboxylic acids is 1. The Labute approximate surface area is 143 Å². The maximum Gasteiger partial charge on any atom is 0.335 e. The molecule has 5 heteroatoms. The molecule has 0 aliphatic heterocycles. The summed E-state index contributed by atoms with van der Waals surface area (Å²) in [6.45, 7) is 3.26. The van der Waals surface area contributed by atoms with Gasteiger partial charge < -0.3 is 15.2 Å². The van der Waals surface area contributed by atoms with E-state index in [0.717, 1.165) is 6.42 Å². The second-order valence-electron chi connectivity index (χ2n) is 6.32. The van der Waals surface area contributed by atoms with Crippen LogP contribution in [0.25, 0.3) is 0 Å². The zero-order valence-corrected chi connectivity index (χ0v) is 14.3. The minimum absolute atomic E-state index is 0.0885. The Morgan fingerprint density at radius 1 is 1.29 bits per heavy atom. The smallest absolute Gasteiger partial charge is 0.335 e. The first kappa shape index (κ1) is 18.5. The van der Waals surface area contributed by atoms with Crippen molar-refractivity contribution in [3.63, 3.8) is 0 Å². The SMILES string of the molecule is CCOC(CCNC(=O)Cc1ccccc1C(=O)O)C1CCCC1. The van der Waals surface area contributed by atoms with E-state index in [1.807, 2.05) is 6.92 Å². The monoisotopic (exact) mass is 333 g/mol. The van der Waals surface area contributed by atoms with E-state index in [1.165, 1.54) is 31.7 Å². The van der Waals surface area contributed by atoms with Crippen molar-refractivity contribution in [2.45, 2.75) is 51.6 Å². The van der Waals surface area contributed by atoms with Crippen molar-refractivity contribution in [1.82, 2.24) is 5.32 Å². The zero-order valence-electron chi connectivity index (χ0n) is 14.3. The first-order valence-electron chi connectivity index (χ1n) is 8.81. The van der Waals surface area contributed by atoms with Crippen LogP contribution in [-0.2, 0) is 16.0 Å². The summed E-state index contributed by atoms with van der Waals surface area (Å²) in [7, 11) is 0. The maximum absolute atomic E-state index is 12.1. The van der Waals surface area contributed by atoms with Crippen LogP contribution in [0.15, 0.2) is 24.3 Å². The Bertz CT molecular complexity index is 552. The molecule has 1 unspecified atom stereocenters. The number of nitrogens with one attached hydrogen (secondary N) is 1. The maximum atomic E-state index is 12.1. The van der Waals surface area contributed by atoms with Crippen molar-refractivity contribution in [3.05, 3.63) is 35.4 Å². The molecule has 1 aromatic carbocycles. The molecule has 1 aliphatic rings. The Morgan fingerprint density at radius 2 is 2.00 bits per heavy atom. The Morgan fingerprint density at radius 3 is 2.67 bits per heavy atom. The molecule has 2 N–H and O–H groups in total. The number of carbonyl (C=O) groups excluding carboxylic acids is 1. The number of carboxylic acid groups (broad SMARTS) is 1. The van der Waals surface area contributed by atoms with Gasteiger partial charge in [0.25, 0.3) is 0 Å². The highest BCUT2D eigenvalue weighted by molar-refractivity contribution is 5.91. The first-order chi connectivity index (χ1) is 11.6. The fourth-order valence-corrected chi connectivity index (χ4v) is 3.47. The van der Waals surface area contributed by atoms with E-state index in [4.69, 9.17) is 9.84 Å². The molecule has 0 radical (unpaired) electrons. The molecule has 1 aliphatic carbocycles. The molecule has 0 bridgehead atoms. The molecule has 1 saturated carbocycles. The van der Waals surface area contributed by atoms with E-state index in [1.54, 1.807) is 18.2 Å². The Kier molecular flexibility index (Phi) is 7.25. The highest BCUT2D eigenvalue weighted by Crippen LogP contribution is 2.30. The highest BCUT2D eigenvalue weighted by atomic mass is 16.5. The molecule has 1 atom stereocenters. The second kappa shape index (κ2) is 9.42. The standard InChI is InChI=1S/C19H27NO4/c1-2-24-17(14-7-3-4-8-14)11-12-20-18(21)13-15-9-5-6-10-16(15)19(22)23/h5-6,9-10,14,17H,2-4,7-8,11-13H2,1H3,(H,20,21)(H,22,23). The number of carboxylic acids is 1. The third kappa shape index (κ3) is 5.34. The summed E-state index contributed by atoms with van der Waals surface area (Å²) in [5, 5.41) is 12.1. The minimum atomic E-state index is -1.00. The van der Waals surface area contributed by atoms with Crippen LogP contribution >= 0.6 is 0 Å². The summed E-state index contributed by atoms with van der Waals surface area (Å²) in [6.07, 6.45) is 6.08. The minimum Gasteiger partial charge on any atom is -0.478 e. The molecule has 132 valence electrons. The van der Waals surface area contributed by atoms with Gasteiger partial charge in [0.2, 0.25) is 5.91 Å². The summed E-state index contributed by atoms with van der Waals surface area (Å²) >= 11 is 0. The molecule has 2 rings (SSSR count). The topological polar surface area (TPSA) is 75.6 Å². The summed E-state index contributed by atoms with van der Waals surface area (Å²) < 4.78 is 5.85. The van der Waals surface area contributed by atoms with Gasteiger partial charge in [-0.05, 0) is 43.7 Å². The van der Waals surface area contributed by atoms with Crippen molar-refractivity contribution < 1.29 is 19.4 Å². The van der Waals surface area contributed by atoms with E-state index < -0.39 is 5.97 Å². The molecule has 5 nitrogen and oxygen atoms in total. The largest absolute Gasteiger partial charge is 0.478 e. The van der Waals surface area contributed by atoms with Gasteiger partial charge in [-0.3, -0.25) is 4.79 Å². The summed E-state index contributed by atoms with van der Waals surface area (Å²) in [4.78, 5) is 23.3. The predicted octanol–water partition coefficient (Wildman–Crippen LogP) is 3.03. The lowest BCUT2D eigenvalue weighted by Gasteiger charge is -2.23. The van der Waals surface area contributed by atoms with Gasteiger partial charge in [-0.15, -0.1) is 0 Å². The number of rotatable bonds is 9. The van der Waals surface area contributed by atoms with Crippen LogP contribution in [0.5, 0.6) is 0 Å². The van der Waals surface area contributed by atoms with Crippen LogP contribution in [0, 0.1) is 5.92 Å². The Balaban J connectivity index is 1.81. The molecular weight excluding hydrogens is 306 g/mol. The zero-order chi connectivity index (χ0) is 17.4. The van der Waals surface area contributed by atoms with E-state index in [9.17, 15) is 9.59 Å². The number of amides is 1. The normalized spacial score (nSPS) is 16.0. The van der Waals surface area contributed by atoms with Gasteiger partial charge in [0.1, 0.15) is 0 Å². The molecule has 24 heavy (non-hydrogen) atoms. The van der Waals surface area contributed by atoms with Gasteiger partial charge in [-0.1, -0.05) is 31.0 Å². The molecule has 1 aromatic rings. The van der Waals surface area contributed by atoms with Crippen molar-refractivity contribution >= 4 is 11.9 Å². The number of carbonyl (C=O) groups is 2. The van der Waals surface area contributed by atoms with Crippen molar-refractivity contribution in [1.29, 1.82) is 0 Å². The van der Waals surface area contributed by atoms with E-state index in [0.29, 0.717) is 24.6 Å². The molecule has 0 aromatic heterocycles. The van der Waals surface area contributed by atoms with Gasteiger partial charge in [-0.2, -0.15) is 0 Å². The third-order valence-corrected chi connectivity index (χ3v) is 4.66. The molecule has 0 spiro atoms. The number of benzene rings is 1. The summed E-state index contributed by atoms with van der Waals surface area (Å²) in [6, 6.07) is 6.63. The third-order valence-electron chi connectivity index (χ3n) is 4.66. The Hall–Kier alpha value is -1.88. The quantitative estimate of drug-likeness (QED) is 0.728. The van der Waals surface area contributed by atoms with Gasteiger partial charge in [0.15, 0.2) is 0 Å². The fraction of sp³-hybridized carbons (Fsp3) is 0.579. The molecular formula is C19H27NO4. The lowest BCUT2D eigenvalue weighted by molar-refractivity contribution is -0.120. The van der Waals surface area contributed by atoms with Crippen LogP contribution < -0.4 is 5.32 Å². The van der Waals surface area contributed by atoms with Crippen LogP contribution in [0.1, 0.15) is 54.9 Å². The van der Waals surface area contributed by atoms with Gasteiger partial charge in [-0.25, -0.2) is 4.79 Å². The first-order valence-corrected chi connectivity index (χ1v) is 8.81. The molecule has 1 fully saturated rings. The van der Waals surface area contributed by atoms with Crippen LogP contribution in [0.3, 0.4) is 0 Å². The number of ether oxygens (including phenoxy) is 1. The van der Waals surface area contributed by atoms with Crippen LogP contribution in [0.2, 0.25) is 0 Å². The molecule has 1 amide bonds. The van der Waals surface area contributed by atoms with Gasteiger partial charge >= 0.3 is 5.97 Å². The van der Waals surface area contributed by atoms with Crippen LogP contribution in [-0.4, -0.2) is 36.2 Å². The second-order valence-corrected chi connectivity index (χ2v) is 6.32.